The fourth-order valence-electron chi connectivity index (χ4n) is 13.6. The molecule has 5 aliphatic heterocycles. The molecule has 6 rings (SSSR count). The van der Waals surface area contributed by atoms with Crippen LogP contribution in [0.1, 0.15) is 194 Å². The van der Waals surface area contributed by atoms with Crippen molar-refractivity contribution in [3.63, 3.8) is 0 Å². The van der Waals surface area contributed by atoms with E-state index in [-0.39, 0.29) is 67.2 Å². The number of fused-ring (bicyclic) bond motifs is 1. The summed E-state index contributed by atoms with van der Waals surface area (Å²) < 4.78 is 115. The Labute approximate surface area is 627 Å². The van der Waals surface area contributed by atoms with E-state index in [0.717, 1.165) is 35.8 Å². The van der Waals surface area contributed by atoms with Crippen LogP contribution in [0.4, 0.5) is 0 Å². The number of hydrogen-bond donors (Lipinski definition) is 0. The van der Waals surface area contributed by atoms with Gasteiger partial charge in [-0.3, -0.25) is 4.79 Å². The lowest BCUT2D eigenvalue weighted by molar-refractivity contribution is -0.266. The quantitative estimate of drug-likeness (QED) is 0.0297. The van der Waals surface area contributed by atoms with E-state index >= 15 is 13.2 Å². The third-order valence-electron chi connectivity index (χ3n) is 25.3. The zero-order valence-electron chi connectivity index (χ0n) is 67.5. The van der Waals surface area contributed by atoms with Gasteiger partial charge >= 0.3 is 0 Å². The fraction of sp³-hybridized carbons (Fsp3) is 0.821. The molecule has 1 aromatic rings. The molecule has 5 fully saturated rings. The zero-order chi connectivity index (χ0) is 75.7. The molecule has 0 N–H and O–H groups in total. The second kappa shape index (κ2) is 33.9. The average molecular weight is 1620 g/mol. The molecular weight excluding hydrogens is 1480 g/mol. The van der Waals surface area contributed by atoms with Crippen molar-refractivity contribution in [2.45, 2.75) is 387 Å². The predicted molar refractivity (Wildman–Crippen MR) is 428 cm³/mol. The van der Waals surface area contributed by atoms with Crippen molar-refractivity contribution in [3.05, 3.63) is 64.3 Å². The lowest BCUT2D eigenvalue weighted by Crippen LogP contribution is -2.69. The van der Waals surface area contributed by atoms with E-state index in [1.54, 1.807) is 19.2 Å². The molecule has 0 saturated carbocycles. The van der Waals surface area contributed by atoms with Crippen LogP contribution in [0.25, 0.3) is 0 Å². The maximum atomic E-state index is 16.7. The molecule has 0 spiro atoms. The molecule has 0 aliphatic carbocycles. The Morgan fingerprint density at radius 3 is 1.74 bits per heavy atom. The van der Waals surface area contributed by atoms with Crippen molar-refractivity contribution in [2.75, 3.05) is 13.7 Å². The highest BCUT2D eigenvalue weighted by Gasteiger charge is 2.61. The number of carbonyl (C=O) groups is 2. The number of aryl methyl sites for hydroxylation is 1. The van der Waals surface area contributed by atoms with Crippen molar-refractivity contribution in [1.29, 1.82) is 0 Å². The highest BCUT2D eigenvalue weighted by Crippen LogP contribution is 2.51. The number of benzene rings is 1. The van der Waals surface area contributed by atoms with Crippen LogP contribution in [0.3, 0.4) is 0 Å². The predicted octanol–water partition coefficient (Wildman–Crippen LogP) is 19.2. The van der Waals surface area contributed by atoms with Gasteiger partial charge in [0.2, 0.25) is 0 Å². The molecule has 4 unspecified atom stereocenters. The van der Waals surface area contributed by atoms with E-state index in [4.69, 9.17) is 57.1 Å². The first-order chi connectivity index (χ1) is 45.7. The minimum absolute atomic E-state index is 0.0381. The Morgan fingerprint density at radius 2 is 1.21 bits per heavy atom. The Hall–Kier alpha value is -0.896. The third kappa shape index (κ3) is 21.3. The van der Waals surface area contributed by atoms with Crippen molar-refractivity contribution >= 4 is 86.1 Å². The fourth-order valence-corrected chi connectivity index (χ4v) is 22.3. The standard InChI is InChI=1S/C78H139IO15SSi5/c1-31-54-34-38-59(39-35-54)95(82,83)73(60(81)47-57-37-41-62-69(88-57)71(93-99(27,28)77(14,15)16)72(94-100(29,30)78(17,18)19)70(90-62)63(42-43-79)92-98(25,26)76(11,12)13)67-65(49-64-53(4)51(2)45-56(87-64)36-40-61-52(3)46-55(86-61)33-32-44-80)89-66(68(67)84-20)48-58(91-97(23,24)75(8,9)10)50-85-96(21,22)74(5,6)7/h34-35,38-39,42-44,51,55-58,61-73H,3-4,31-33,36-37,40-41,45-50H2,1-2,5-30H3/b43-42+/t51-,55+,56+,57-,58+,61+,62+,63?,64-,65+,66-,67+,68+,69+,70+,71?,72?,73?/m1/s1. The Kier molecular flexibility index (Phi) is 29.9. The number of ketones is 1. The molecule has 100 heavy (non-hydrogen) atoms. The van der Waals surface area contributed by atoms with Crippen molar-refractivity contribution < 1.29 is 68.6 Å². The van der Waals surface area contributed by atoms with E-state index in [1.165, 1.54) is 0 Å². The highest BCUT2D eigenvalue weighted by atomic mass is 127. The van der Waals surface area contributed by atoms with Gasteiger partial charge in [-0.2, -0.15) is 0 Å². The Bertz CT molecular complexity index is 3030. The van der Waals surface area contributed by atoms with Gasteiger partial charge in [0.05, 0.1) is 78.6 Å². The van der Waals surface area contributed by atoms with Crippen LogP contribution in [0, 0.1) is 11.8 Å². The molecule has 0 radical (unpaired) electrons. The van der Waals surface area contributed by atoms with Gasteiger partial charge in [-0.15, -0.1) is 0 Å². The minimum Gasteiger partial charge on any atom is -0.414 e. The highest BCUT2D eigenvalue weighted by molar-refractivity contribution is 14.1. The van der Waals surface area contributed by atoms with E-state index in [9.17, 15) is 4.79 Å². The van der Waals surface area contributed by atoms with E-state index in [1.807, 2.05) is 23.1 Å². The van der Waals surface area contributed by atoms with Gasteiger partial charge in [0, 0.05) is 38.7 Å². The molecule has 1 aromatic carbocycles. The van der Waals surface area contributed by atoms with Gasteiger partial charge < -0.3 is 55.3 Å². The number of rotatable bonds is 31. The summed E-state index contributed by atoms with van der Waals surface area (Å²) in [5, 5.41) is -2.39. The van der Waals surface area contributed by atoms with Gasteiger partial charge in [-0.25, -0.2) is 8.42 Å². The normalized spacial score (nSPS) is 30.0. The molecule has 5 heterocycles. The molecule has 0 amide bonds. The molecule has 0 bridgehead atoms. The number of methoxy groups -OCH3 is 1. The van der Waals surface area contributed by atoms with Gasteiger partial charge in [-0.05, 0) is 187 Å². The average Bonchev–Trinajstić information content (AvgIpc) is 1.15. The molecule has 18 atom stereocenters. The number of halogens is 1. The molecule has 5 saturated heterocycles. The topological polar surface area (TPSA) is 170 Å². The van der Waals surface area contributed by atoms with Crippen molar-refractivity contribution in [2.24, 2.45) is 11.8 Å². The molecule has 22 heteroatoms. The van der Waals surface area contributed by atoms with Gasteiger partial charge in [0.1, 0.15) is 36.0 Å². The van der Waals surface area contributed by atoms with Crippen LogP contribution in [-0.4, -0.2) is 173 Å². The first-order valence-corrected chi connectivity index (χ1v) is 55.1. The van der Waals surface area contributed by atoms with E-state index < -0.39 is 142 Å². The zero-order valence-corrected chi connectivity index (χ0v) is 75.4. The summed E-state index contributed by atoms with van der Waals surface area (Å²) in [6.45, 7) is 69.9. The summed E-state index contributed by atoms with van der Waals surface area (Å²) >= 11 is 2.29. The molecule has 574 valence electrons. The Balaban J connectivity index is 1.51. The third-order valence-corrected chi connectivity index (χ3v) is 50.3. The Morgan fingerprint density at radius 1 is 0.660 bits per heavy atom. The second-order valence-electron chi connectivity index (χ2n) is 37.8. The molecule has 5 aliphatic rings. The second-order valence-corrected chi connectivity index (χ2v) is 64.5. The van der Waals surface area contributed by atoms with Crippen LogP contribution in [-0.2, 0) is 76.4 Å². The summed E-state index contributed by atoms with van der Waals surface area (Å²) in [5.41, 5.74) is 2.90. The summed E-state index contributed by atoms with van der Waals surface area (Å²) in [4.78, 5) is 28.0. The van der Waals surface area contributed by atoms with E-state index in [0.29, 0.717) is 58.0 Å². The maximum absolute atomic E-state index is 16.7. The summed E-state index contributed by atoms with van der Waals surface area (Å²) in [5.74, 6) is -1.45. The summed E-state index contributed by atoms with van der Waals surface area (Å²) in [7, 11) is -15.5. The number of aldehydes is 1. The monoisotopic (exact) mass is 1610 g/mol. The van der Waals surface area contributed by atoms with Crippen LogP contribution >= 0.6 is 22.6 Å². The largest absolute Gasteiger partial charge is 0.414 e. The molecule has 15 nitrogen and oxygen atoms in total. The number of Topliss-reactive ketones (excluding diaryl/α,β-unsaturated/α-hetero) is 1. The van der Waals surface area contributed by atoms with Gasteiger partial charge in [-0.1, -0.05) is 166 Å². The lowest BCUT2D eigenvalue weighted by atomic mass is 9.81. The first-order valence-electron chi connectivity index (χ1n) is 37.8. The SMILES string of the molecule is C=C1C[C@H](CCC=O)O[C@H]1CC[C@H]1C[C@@H](C)C(=C)[C@@H](C[C@@H]2O[C@H](C[C@@H](CO[Si](C)(C)C(C)(C)C)O[Si](C)(C)C(C)(C)C)[C@H](OC)[C@H]2C(C(=O)C[C@H]2CC[C@@H]3O[C@@H](C(/C=C/I)O[Si](C)(C)C(C)(C)C)C(O[Si](C)(C)C(C)(C)C)C(O[Si](C)(C)C(C)(C)C)[C@H]3O2)S(=O)(=O)c2ccc(CC)cc2)O1. The number of hydrogen-bond acceptors (Lipinski definition) is 15. The van der Waals surface area contributed by atoms with Crippen LogP contribution in [0.15, 0.2) is 63.6 Å². The summed E-state index contributed by atoms with van der Waals surface area (Å²) in [6, 6.07) is 7.01. The van der Waals surface area contributed by atoms with Crippen LogP contribution < -0.4 is 0 Å². The van der Waals surface area contributed by atoms with Crippen LogP contribution in [0.5, 0.6) is 0 Å². The summed E-state index contributed by atoms with van der Waals surface area (Å²) in [6.07, 6.45) is 0.933. The number of sulfone groups is 1. The van der Waals surface area contributed by atoms with Crippen molar-refractivity contribution in [3.8, 4) is 0 Å². The minimum atomic E-state index is -4.55. The maximum Gasteiger partial charge on any atom is 0.193 e. The molecular formula is C78H139IO15SSi5. The van der Waals surface area contributed by atoms with Crippen LogP contribution in [0.2, 0.25) is 90.7 Å². The van der Waals surface area contributed by atoms with E-state index in [2.05, 4.69) is 211 Å². The molecule has 0 aromatic heterocycles. The lowest BCUT2D eigenvalue weighted by Gasteiger charge is -2.56. The first kappa shape index (κ1) is 88.0. The number of ether oxygens (including phenoxy) is 6. The van der Waals surface area contributed by atoms with Gasteiger partial charge in [0.25, 0.3) is 0 Å². The van der Waals surface area contributed by atoms with Crippen molar-refractivity contribution in [1.82, 2.24) is 0 Å². The smallest absolute Gasteiger partial charge is 0.193 e. The van der Waals surface area contributed by atoms with Gasteiger partial charge in [0.15, 0.2) is 57.2 Å². The number of carbonyl (C=O) groups excluding carboxylic acids is 2.